The van der Waals surface area contributed by atoms with Crippen LogP contribution in [0.4, 0.5) is 5.69 Å². The Morgan fingerprint density at radius 2 is 1.59 bits per heavy atom. The first-order valence-corrected chi connectivity index (χ1v) is 9.54. The van der Waals surface area contributed by atoms with E-state index < -0.39 is 0 Å². The van der Waals surface area contributed by atoms with Crippen LogP contribution in [0.3, 0.4) is 0 Å². The zero-order chi connectivity index (χ0) is 21.2. The summed E-state index contributed by atoms with van der Waals surface area (Å²) in [6, 6.07) is 12.3. The Balaban J connectivity index is 1.79. The lowest BCUT2D eigenvalue weighted by Crippen LogP contribution is -2.34. The average molecular weight is 397 g/mol. The van der Waals surface area contributed by atoms with Crippen molar-refractivity contribution in [3.63, 3.8) is 0 Å². The van der Waals surface area contributed by atoms with Crippen LogP contribution >= 0.6 is 0 Å². The van der Waals surface area contributed by atoms with Crippen LogP contribution in [0, 0.1) is 13.8 Å². The van der Waals surface area contributed by atoms with E-state index in [1.807, 2.05) is 32.0 Å². The summed E-state index contributed by atoms with van der Waals surface area (Å²) in [5.41, 5.74) is 3.15. The Morgan fingerprint density at radius 3 is 2.28 bits per heavy atom. The SMILES string of the molecule is CCC(=O)NCCNC(=O)c1ccc(NC(=O)COc2cccc(C)c2C)cc1. The number of hydrogen-bond acceptors (Lipinski definition) is 4. The standard InChI is InChI=1S/C22H27N3O4/c1-4-20(26)23-12-13-24-22(28)17-8-10-18(11-9-17)25-21(27)14-29-19-7-5-6-15(2)16(19)3/h5-11H,4,12-14H2,1-3H3,(H,23,26)(H,24,28)(H,25,27). The molecule has 7 heteroatoms. The van der Waals surface area contributed by atoms with Crippen LogP contribution in [0.1, 0.15) is 34.8 Å². The quantitative estimate of drug-likeness (QED) is 0.567. The number of nitrogens with one attached hydrogen (secondary N) is 3. The molecule has 0 spiro atoms. The van der Waals surface area contributed by atoms with Gasteiger partial charge in [0, 0.05) is 30.8 Å². The van der Waals surface area contributed by atoms with Crippen LogP contribution in [0.15, 0.2) is 42.5 Å². The number of benzene rings is 2. The van der Waals surface area contributed by atoms with Gasteiger partial charge in [-0.2, -0.15) is 0 Å². The number of amides is 3. The molecule has 0 bridgehead atoms. The minimum Gasteiger partial charge on any atom is -0.483 e. The molecule has 0 fully saturated rings. The highest BCUT2D eigenvalue weighted by atomic mass is 16.5. The third kappa shape index (κ3) is 6.95. The highest BCUT2D eigenvalue weighted by Gasteiger charge is 2.08. The van der Waals surface area contributed by atoms with Crippen LogP contribution in [0.25, 0.3) is 0 Å². The molecule has 2 aromatic rings. The van der Waals surface area contributed by atoms with E-state index in [0.717, 1.165) is 11.1 Å². The Bertz CT molecular complexity index is 863. The van der Waals surface area contributed by atoms with E-state index in [0.29, 0.717) is 36.5 Å². The van der Waals surface area contributed by atoms with Gasteiger partial charge in [0.05, 0.1) is 0 Å². The van der Waals surface area contributed by atoms with Crippen molar-refractivity contribution in [2.75, 3.05) is 25.0 Å². The lowest BCUT2D eigenvalue weighted by atomic mass is 10.1. The molecule has 29 heavy (non-hydrogen) atoms. The zero-order valence-corrected chi connectivity index (χ0v) is 17.0. The van der Waals surface area contributed by atoms with E-state index in [-0.39, 0.29) is 24.3 Å². The highest BCUT2D eigenvalue weighted by molar-refractivity contribution is 5.96. The molecule has 3 N–H and O–H groups in total. The molecule has 154 valence electrons. The second kappa shape index (κ2) is 10.8. The topological polar surface area (TPSA) is 96.5 Å². The van der Waals surface area contributed by atoms with Gasteiger partial charge in [-0.05, 0) is 55.3 Å². The molecule has 0 heterocycles. The van der Waals surface area contributed by atoms with Crippen molar-refractivity contribution in [3.05, 3.63) is 59.2 Å². The molecular formula is C22H27N3O4. The van der Waals surface area contributed by atoms with Gasteiger partial charge in [-0.15, -0.1) is 0 Å². The minimum atomic E-state index is -0.283. The van der Waals surface area contributed by atoms with Crippen LogP contribution in [0.5, 0.6) is 5.75 Å². The molecule has 0 aliphatic rings. The molecule has 0 radical (unpaired) electrons. The first-order valence-electron chi connectivity index (χ1n) is 9.54. The Labute approximate surface area is 170 Å². The van der Waals surface area contributed by atoms with Gasteiger partial charge in [-0.25, -0.2) is 0 Å². The second-order valence-corrected chi connectivity index (χ2v) is 6.57. The van der Waals surface area contributed by atoms with Crippen LogP contribution in [-0.4, -0.2) is 37.4 Å². The molecule has 0 aromatic heterocycles. The van der Waals surface area contributed by atoms with Gasteiger partial charge in [0.15, 0.2) is 6.61 Å². The zero-order valence-electron chi connectivity index (χ0n) is 17.0. The second-order valence-electron chi connectivity index (χ2n) is 6.57. The summed E-state index contributed by atoms with van der Waals surface area (Å²) in [5, 5.41) is 8.15. The molecule has 0 saturated carbocycles. The van der Waals surface area contributed by atoms with Crippen LogP contribution in [0.2, 0.25) is 0 Å². The van der Waals surface area contributed by atoms with Crippen molar-refractivity contribution < 1.29 is 19.1 Å². The summed E-state index contributed by atoms with van der Waals surface area (Å²) < 4.78 is 5.59. The van der Waals surface area contributed by atoms with Crippen molar-refractivity contribution in [2.45, 2.75) is 27.2 Å². The summed E-state index contributed by atoms with van der Waals surface area (Å²) in [4.78, 5) is 35.3. The number of carbonyl (C=O) groups excluding carboxylic acids is 3. The molecule has 2 aromatic carbocycles. The van der Waals surface area contributed by atoms with Gasteiger partial charge in [-0.3, -0.25) is 14.4 Å². The molecule has 0 aliphatic carbocycles. The van der Waals surface area contributed by atoms with Crippen molar-refractivity contribution in [1.82, 2.24) is 10.6 Å². The average Bonchev–Trinajstić information content (AvgIpc) is 2.72. The van der Waals surface area contributed by atoms with Crippen LogP contribution in [-0.2, 0) is 9.59 Å². The number of ether oxygens (including phenoxy) is 1. The van der Waals surface area contributed by atoms with E-state index in [4.69, 9.17) is 4.74 Å². The Morgan fingerprint density at radius 1 is 0.897 bits per heavy atom. The fourth-order valence-corrected chi connectivity index (χ4v) is 2.53. The Hall–Kier alpha value is -3.35. The molecular weight excluding hydrogens is 370 g/mol. The van der Waals surface area contributed by atoms with Gasteiger partial charge in [-0.1, -0.05) is 19.1 Å². The van der Waals surface area contributed by atoms with E-state index in [1.165, 1.54) is 0 Å². The first kappa shape index (κ1) is 21.9. The number of rotatable bonds is 9. The lowest BCUT2D eigenvalue weighted by molar-refractivity contribution is -0.120. The van der Waals surface area contributed by atoms with E-state index in [2.05, 4.69) is 16.0 Å². The molecule has 0 unspecified atom stereocenters. The molecule has 0 atom stereocenters. The summed E-state index contributed by atoms with van der Waals surface area (Å²) in [6.07, 6.45) is 0.413. The number of anilines is 1. The van der Waals surface area contributed by atoms with Gasteiger partial charge in [0.1, 0.15) is 5.75 Å². The summed E-state index contributed by atoms with van der Waals surface area (Å²) in [7, 11) is 0. The molecule has 0 saturated heterocycles. The number of aryl methyl sites for hydroxylation is 1. The van der Waals surface area contributed by atoms with Crippen molar-refractivity contribution in [1.29, 1.82) is 0 Å². The molecule has 3 amide bonds. The molecule has 2 rings (SSSR count). The van der Waals surface area contributed by atoms with Crippen molar-refractivity contribution >= 4 is 23.4 Å². The monoisotopic (exact) mass is 397 g/mol. The maximum absolute atomic E-state index is 12.1. The van der Waals surface area contributed by atoms with Gasteiger partial charge < -0.3 is 20.7 Å². The predicted octanol–water partition coefficient (Wildman–Crippen LogP) is 2.58. The van der Waals surface area contributed by atoms with E-state index in [9.17, 15) is 14.4 Å². The van der Waals surface area contributed by atoms with E-state index >= 15 is 0 Å². The molecule has 0 aliphatic heterocycles. The summed E-state index contributed by atoms with van der Waals surface area (Å²) in [5.74, 6) is 0.102. The lowest BCUT2D eigenvalue weighted by Gasteiger charge is -2.11. The maximum Gasteiger partial charge on any atom is 0.262 e. The van der Waals surface area contributed by atoms with Crippen molar-refractivity contribution in [3.8, 4) is 5.75 Å². The normalized spacial score (nSPS) is 10.2. The first-order chi connectivity index (χ1) is 13.9. The van der Waals surface area contributed by atoms with Gasteiger partial charge in [0.25, 0.3) is 11.8 Å². The molecule has 7 nitrogen and oxygen atoms in total. The van der Waals surface area contributed by atoms with Gasteiger partial charge in [0.2, 0.25) is 5.91 Å². The largest absolute Gasteiger partial charge is 0.483 e. The van der Waals surface area contributed by atoms with Crippen molar-refractivity contribution in [2.24, 2.45) is 0 Å². The smallest absolute Gasteiger partial charge is 0.262 e. The third-order valence-electron chi connectivity index (χ3n) is 4.40. The van der Waals surface area contributed by atoms with Crippen LogP contribution < -0.4 is 20.7 Å². The summed E-state index contributed by atoms with van der Waals surface area (Å²) >= 11 is 0. The number of carbonyl (C=O) groups is 3. The third-order valence-corrected chi connectivity index (χ3v) is 4.40. The van der Waals surface area contributed by atoms with E-state index in [1.54, 1.807) is 31.2 Å². The predicted molar refractivity (Wildman–Crippen MR) is 112 cm³/mol. The number of hydrogen-bond donors (Lipinski definition) is 3. The minimum absolute atomic E-state index is 0.0547. The summed E-state index contributed by atoms with van der Waals surface area (Å²) in [6.45, 7) is 6.33. The van der Waals surface area contributed by atoms with Gasteiger partial charge >= 0.3 is 0 Å². The maximum atomic E-state index is 12.1. The fraction of sp³-hybridized carbons (Fsp3) is 0.318. The fourth-order valence-electron chi connectivity index (χ4n) is 2.53. The highest BCUT2D eigenvalue weighted by Crippen LogP contribution is 2.20. The Kier molecular flexibility index (Phi) is 8.21.